The molecule has 0 saturated carbocycles. The van der Waals surface area contributed by atoms with Gasteiger partial charge in [0.05, 0.1) is 0 Å². The maximum Gasteiger partial charge on any atom is 0.387 e. The smallest absolute Gasteiger partial charge is 0.387 e. The Kier molecular flexibility index (Phi) is 8.49. The van der Waals surface area contributed by atoms with E-state index in [-0.39, 0.29) is 5.75 Å². The minimum Gasteiger partial charge on any atom is -0.435 e. The fourth-order valence-electron chi connectivity index (χ4n) is 2.58. The Hall–Kier alpha value is -2.36. The fraction of sp³-hybridized carbons (Fsp3) is 0.500. The van der Waals surface area contributed by atoms with Gasteiger partial charge in [-0.15, -0.1) is 10.2 Å². The standard InChI is InChI=1S/C18H25F2N5O2S/c1-12(2)11-25-15(23-24-18(25)28-3)8-5-9-21-17(26)22-13-6-4-7-14(10-13)27-16(19)20/h4,6-7,10,12,16H,5,8-9,11H2,1-3H3,(H2,21,22,26). The molecular weight excluding hydrogens is 388 g/mol. The highest BCUT2D eigenvalue weighted by molar-refractivity contribution is 7.98. The number of carbonyl (C=O) groups excluding carboxylic acids is 1. The number of halogens is 2. The van der Waals surface area contributed by atoms with E-state index in [9.17, 15) is 13.6 Å². The van der Waals surface area contributed by atoms with E-state index in [2.05, 4.69) is 44.0 Å². The van der Waals surface area contributed by atoms with Crippen molar-refractivity contribution >= 4 is 23.5 Å². The largest absolute Gasteiger partial charge is 0.435 e. The third-order valence-corrected chi connectivity index (χ3v) is 4.37. The summed E-state index contributed by atoms with van der Waals surface area (Å²) < 4.78 is 30.9. The van der Waals surface area contributed by atoms with Crippen molar-refractivity contribution in [3.8, 4) is 5.75 Å². The van der Waals surface area contributed by atoms with Crippen LogP contribution in [0.3, 0.4) is 0 Å². The first-order valence-electron chi connectivity index (χ1n) is 8.94. The number of rotatable bonds is 10. The van der Waals surface area contributed by atoms with Crippen LogP contribution in [0.2, 0.25) is 0 Å². The molecule has 2 amide bonds. The molecule has 2 rings (SSSR count). The van der Waals surface area contributed by atoms with E-state index in [0.29, 0.717) is 31.0 Å². The number of nitrogens with one attached hydrogen (secondary N) is 2. The molecule has 0 aliphatic carbocycles. The summed E-state index contributed by atoms with van der Waals surface area (Å²) in [6.45, 7) is 2.67. The lowest BCUT2D eigenvalue weighted by atomic mass is 10.2. The normalized spacial score (nSPS) is 11.1. The van der Waals surface area contributed by atoms with E-state index in [1.807, 2.05) is 6.26 Å². The summed E-state index contributed by atoms with van der Waals surface area (Å²) >= 11 is 1.56. The molecule has 1 heterocycles. The fourth-order valence-corrected chi connectivity index (χ4v) is 3.10. The maximum absolute atomic E-state index is 12.2. The Morgan fingerprint density at radius 3 is 2.79 bits per heavy atom. The first-order valence-corrected chi connectivity index (χ1v) is 10.2. The number of aromatic nitrogens is 3. The summed E-state index contributed by atoms with van der Waals surface area (Å²) in [6, 6.07) is 5.44. The minimum atomic E-state index is -2.91. The predicted molar refractivity (Wildman–Crippen MR) is 105 cm³/mol. The van der Waals surface area contributed by atoms with E-state index >= 15 is 0 Å². The van der Waals surface area contributed by atoms with Crippen LogP contribution in [0.15, 0.2) is 29.4 Å². The Morgan fingerprint density at radius 1 is 1.32 bits per heavy atom. The van der Waals surface area contributed by atoms with Crippen LogP contribution in [-0.4, -0.2) is 40.2 Å². The number of benzene rings is 1. The van der Waals surface area contributed by atoms with Gasteiger partial charge in [0.15, 0.2) is 5.16 Å². The summed E-state index contributed by atoms with van der Waals surface area (Å²) in [4.78, 5) is 12.0. The molecule has 2 aromatic rings. The van der Waals surface area contributed by atoms with Gasteiger partial charge in [-0.1, -0.05) is 31.7 Å². The van der Waals surface area contributed by atoms with Gasteiger partial charge in [0.1, 0.15) is 11.6 Å². The van der Waals surface area contributed by atoms with Crippen LogP contribution < -0.4 is 15.4 Å². The van der Waals surface area contributed by atoms with Crippen molar-refractivity contribution in [3.63, 3.8) is 0 Å². The van der Waals surface area contributed by atoms with Crippen molar-refractivity contribution in [2.45, 2.75) is 45.0 Å². The summed E-state index contributed by atoms with van der Waals surface area (Å²) in [5.74, 6) is 1.37. The second kappa shape index (κ2) is 10.8. The van der Waals surface area contributed by atoms with E-state index in [0.717, 1.165) is 17.5 Å². The summed E-state index contributed by atoms with van der Waals surface area (Å²) in [6.07, 6.45) is 3.36. The number of hydrogen-bond donors (Lipinski definition) is 2. The van der Waals surface area contributed by atoms with Crippen molar-refractivity contribution in [3.05, 3.63) is 30.1 Å². The number of alkyl halides is 2. The molecule has 0 bridgehead atoms. The molecular formula is C18H25F2N5O2S. The van der Waals surface area contributed by atoms with Crippen LogP contribution >= 0.6 is 11.8 Å². The van der Waals surface area contributed by atoms with Gasteiger partial charge in [-0.2, -0.15) is 8.78 Å². The van der Waals surface area contributed by atoms with Crippen LogP contribution in [0.5, 0.6) is 5.75 Å². The number of hydrogen-bond acceptors (Lipinski definition) is 5. The number of nitrogens with zero attached hydrogens (tertiary/aromatic N) is 3. The topological polar surface area (TPSA) is 81.1 Å². The van der Waals surface area contributed by atoms with E-state index in [1.165, 1.54) is 18.2 Å². The second-order valence-corrected chi connectivity index (χ2v) is 7.27. The van der Waals surface area contributed by atoms with Gasteiger partial charge in [-0.3, -0.25) is 0 Å². The maximum atomic E-state index is 12.2. The van der Waals surface area contributed by atoms with Gasteiger partial charge >= 0.3 is 12.6 Å². The minimum absolute atomic E-state index is 0.0121. The van der Waals surface area contributed by atoms with Gasteiger partial charge in [0.25, 0.3) is 0 Å². The Bertz CT molecular complexity index is 770. The molecule has 1 aromatic carbocycles. The van der Waals surface area contributed by atoms with Crippen LogP contribution in [0.1, 0.15) is 26.1 Å². The molecule has 0 unspecified atom stereocenters. The number of thioether (sulfide) groups is 1. The first kappa shape index (κ1) is 21.9. The zero-order valence-electron chi connectivity index (χ0n) is 16.1. The molecule has 0 aliphatic rings. The van der Waals surface area contributed by atoms with E-state index in [1.54, 1.807) is 17.8 Å². The summed E-state index contributed by atoms with van der Waals surface area (Å²) in [5, 5.41) is 14.7. The number of aryl methyl sites for hydroxylation is 1. The molecule has 0 radical (unpaired) electrons. The monoisotopic (exact) mass is 413 g/mol. The van der Waals surface area contributed by atoms with E-state index in [4.69, 9.17) is 0 Å². The summed E-state index contributed by atoms with van der Waals surface area (Å²) in [5.41, 5.74) is 0.372. The number of carbonyl (C=O) groups is 1. The lowest BCUT2D eigenvalue weighted by Gasteiger charge is -2.12. The number of ether oxygens (including phenoxy) is 1. The lowest BCUT2D eigenvalue weighted by Crippen LogP contribution is -2.29. The van der Waals surface area contributed by atoms with Crippen molar-refractivity contribution in [2.24, 2.45) is 5.92 Å². The highest BCUT2D eigenvalue weighted by Crippen LogP contribution is 2.19. The Labute approximate surface area is 167 Å². The molecule has 0 saturated heterocycles. The predicted octanol–water partition coefficient (Wildman–Crippen LogP) is 4.01. The number of urea groups is 1. The van der Waals surface area contributed by atoms with Gasteiger partial charge in [-0.05, 0) is 30.7 Å². The lowest BCUT2D eigenvalue weighted by molar-refractivity contribution is -0.0497. The van der Waals surface area contributed by atoms with Crippen LogP contribution in [0, 0.1) is 5.92 Å². The quantitative estimate of drug-likeness (QED) is 0.454. The van der Waals surface area contributed by atoms with Crippen LogP contribution in [0.4, 0.5) is 19.3 Å². The third kappa shape index (κ3) is 6.99. The molecule has 28 heavy (non-hydrogen) atoms. The molecule has 1 aromatic heterocycles. The van der Waals surface area contributed by atoms with Gasteiger partial charge in [0, 0.05) is 31.3 Å². The average Bonchev–Trinajstić information content (AvgIpc) is 2.99. The van der Waals surface area contributed by atoms with Gasteiger partial charge in [0.2, 0.25) is 0 Å². The molecule has 2 N–H and O–H groups in total. The Morgan fingerprint density at radius 2 is 2.11 bits per heavy atom. The van der Waals surface area contributed by atoms with Crippen LogP contribution in [0.25, 0.3) is 0 Å². The molecule has 0 aliphatic heterocycles. The molecule has 0 spiro atoms. The SMILES string of the molecule is CSc1nnc(CCCNC(=O)Nc2cccc(OC(F)F)c2)n1CC(C)C. The number of anilines is 1. The molecule has 0 fully saturated rings. The summed E-state index contributed by atoms with van der Waals surface area (Å²) in [7, 11) is 0. The second-order valence-electron chi connectivity index (χ2n) is 6.50. The van der Waals surface area contributed by atoms with Gasteiger partial charge < -0.3 is 19.9 Å². The highest BCUT2D eigenvalue weighted by Gasteiger charge is 2.12. The van der Waals surface area contributed by atoms with E-state index < -0.39 is 12.6 Å². The van der Waals surface area contributed by atoms with Crippen molar-refractivity contribution in [1.29, 1.82) is 0 Å². The van der Waals surface area contributed by atoms with Crippen LogP contribution in [-0.2, 0) is 13.0 Å². The first-order chi connectivity index (χ1) is 13.4. The zero-order valence-corrected chi connectivity index (χ0v) is 16.9. The Balaban J connectivity index is 1.79. The molecule has 0 atom stereocenters. The van der Waals surface area contributed by atoms with Crippen molar-refractivity contribution < 1.29 is 18.3 Å². The van der Waals surface area contributed by atoms with Crippen molar-refractivity contribution in [1.82, 2.24) is 20.1 Å². The highest BCUT2D eigenvalue weighted by atomic mass is 32.2. The number of amides is 2. The third-order valence-electron chi connectivity index (χ3n) is 3.70. The average molecular weight is 413 g/mol. The van der Waals surface area contributed by atoms with Crippen molar-refractivity contribution in [2.75, 3.05) is 18.1 Å². The zero-order chi connectivity index (χ0) is 20.5. The molecule has 7 nitrogen and oxygen atoms in total. The molecule has 10 heteroatoms. The molecule has 154 valence electrons. The van der Waals surface area contributed by atoms with Gasteiger partial charge in [-0.25, -0.2) is 4.79 Å².